The number of carbonyl (C=O) groups excluding carboxylic acids is 3. The van der Waals surface area contributed by atoms with Crippen LogP contribution >= 0.6 is 0 Å². The topological polar surface area (TPSA) is 99.1 Å². The third kappa shape index (κ3) is 3.16. The highest BCUT2D eigenvalue weighted by Crippen LogP contribution is 2.69. The molecule has 5 rings (SSSR count). The van der Waals surface area contributed by atoms with Crippen LogP contribution in [0.3, 0.4) is 0 Å². The van der Waals surface area contributed by atoms with E-state index in [0.29, 0.717) is 19.3 Å². The van der Waals surface area contributed by atoms with E-state index in [-0.39, 0.29) is 41.3 Å². The van der Waals surface area contributed by atoms with Gasteiger partial charge in [0, 0.05) is 23.7 Å². The first-order chi connectivity index (χ1) is 16.1. The highest BCUT2D eigenvalue weighted by molar-refractivity contribution is 6.01. The summed E-state index contributed by atoms with van der Waals surface area (Å²) in [4.78, 5) is 37.3. The summed E-state index contributed by atoms with van der Waals surface area (Å²) in [7, 11) is 0. The average molecular weight is 473 g/mol. The molecule has 2 unspecified atom stereocenters. The highest BCUT2D eigenvalue weighted by Gasteiger charge is 2.75. The lowest BCUT2D eigenvalue weighted by atomic mass is 9.46. The van der Waals surface area contributed by atoms with Crippen molar-refractivity contribution in [3.63, 3.8) is 0 Å². The number of aliphatic hydroxyl groups is 1. The fourth-order valence-electron chi connectivity index (χ4n) is 8.28. The lowest BCUT2D eigenvalue weighted by Crippen LogP contribution is -2.63. The van der Waals surface area contributed by atoms with Crippen LogP contribution in [0.25, 0.3) is 0 Å². The van der Waals surface area contributed by atoms with Crippen LogP contribution in [0.1, 0.15) is 66.2 Å². The monoisotopic (exact) mass is 472 g/mol. The van der Waals surface area contributed by atoms with Crippen LogP contribution in [0.15, 0.2) is 23.8 Å². The third-order valence-corrected chi connectivity index (χ3v) is 9.63. The molecule has 7 heteroatoms. The predicted octanol–water partition coefficient (Wildman–Crippen LogP) is 3.29. The molecule has 0 aromatic heterocycles. The van der Waals surface area contributed by atoms with Gasteiger partial charge in [0.1, 0.15) is 0 Å². The van der Waals surface area contributed by atoms with Gasteiger partial charge in [0.05, 0.1) is 12.2 Å². The van der Waals surface area contributed by atoms with E-state index in [2.05, 4.69) is 13.8 Å². The number of fused-ring (bicyclic) bond motifs is 7. The SMILES string of the molecule is CCCC1O[C@@H]2C[C@H]3[C@H]4CCC5=CC(=O)C=C[C@]5(C)C4[C@@H](O)C[C@]3(C)[C@]2(C(=O)COC(C)=O)O1. The first kappa shape index (κ1) is 23.9. The molecule has 0 radical (unpaired) electrons. The van der Waals surface area contributed by atoms with E-state index < -0.39 is 35.5 Å². The van der Waals surface area contributed by atoms with E-state index in [1.165, 1.54) is 6.92 Å². The number of esters is 1. The molecule has 186 valence electrons. The Morgan fingerprint density at radius 1 is 1.29 bits per heavy atom. The van der Waals surface area contributed by atoms with Gasteiger partial charge < -0.3 is 19.3 Å². The zero-order chi connectivity index (χ0) is 24.5. The van der Waals surface area contributed by atoms with Gasteiger partial charge in [-0.1, -0.05) is 38.8 Å². The molecule has 34 heavy (non-hydrogen) atoms. The van der Waals surface area contributed by atoms with Crippen molar-refractivity contribution >= 4 is 17.5 Å². The molecular weight excluding hydrogens is 436 g/mol. The molecule has 0 amide bonds. The number of Topliss-reactive ketones (excluding diaryl/α,β-unsaturated/α-hetero) is 1. The van der Waals surface area contributed by atoms with Crippen LogP contribution in [0.4, 0.5) is 0 Å². The van der Waals surface area contributed by atoms with E-state index in [1.807, 2.05) is 13.0 Å². The lowest BCUT2D eigenvalue weighted by Gasteiger charge is -2.59. The minimum absolute atomic E-state index is 0.00949. The van der Waals surface area contributed by atoms with Crippen LogP contribution in [0.2, 0.25) is 0 Å². The van der Waals surface area contributed by atoms with Gasteiger partial charge >= 0.3 is 5.97 Å². The zero-order valence-corrected chi connectivity index (χ0v) is 20.5. The maximum atomic E-state index is 13.7. The fourth-order valence-corrected chi connectivity index (χ4v) is 8.28. The molecule has 5 aliphatic rings. The molecule has 4 fully saturated rings. The largest absolute Gasteiger partial charge is 0.458 e. The van der Waals surface area contributed by atoms with Gasteiger partial charge in [-0.05, 0) is 56.1 Å². The van der Waals surface area contributed by atoms with Crippen molar-refractivity contribution in [2.75, 3.05) is 6.61 Å². The molecule has 0 bridgehead atoms. The number of hydrogen-bond acceptors (Lipinski definition) is 7. The number of hydrogen-bond donors (Lipinski definition) is 1. The molecule has 7 nitrogen and oxygen atoms in total. The van der Waals surface area contributed by atoms with E-state index in [1.54, 1.807) is 12.2 Å². The van der Waals surface area contributed by atoms with E-state index in [9.17, 15) is 19.5 Å². The number of ketones is 2. The number of allylic oxidation sites excluding steroid dienone is 4. The summed E-state index contributed by atoms with van der Waals surface area (Å²) in [6, 6.07) is 0. The van der Waals surface area contributed by atoms with Gasteiger partial charge in [0.15, 0.2) is 24.3 Å². The second-order valence-electron chi connectivity index (χ2n) is 11.3. The van der Waals surface area contributed by atoms with Crippen LogP contribution < -0.4 is 0 Å². The molecule has 0 aromatic rings. The Hall–Kier alpha value is -1.83. The van der Waals surface area contributed by atoms with Crippen LogP contribution in [0, 0.1) is 28.6 Å². The minimum Gasteiger partial charge on any atom is -0.458 e. The quantitative estimate of drug-likeness (QED) is 0.613. The third-order valence-electron chi connectivity index (χ3n) is 9.63. The molecule has 1 N–H and O–H groups in total. The number of aliphatic hydroxyl groups excluding tert-OH is 1. The standard InChI is InChI=1S/C27H36O7/c1-5-6-23-33-22-12-19-18-8-7-16-11-17(29)9-10-25(16,3)24(18)20(30)13-26(19,4)27(22,34-23)21(31)14-32-15(2)28/h9-11,18-20,22-24,30H,5-8,12-14H2,1-4H3/t18-,19+,20+,22-,23?,24?,25+,26+,27-/m1/s1. The van der Waals surface area contributed by atoms with Crippen molar-refractivity contribution < 1.29 is 33.7 Å². The Balaban J connectivity index is 1.53. The van der Waals surface area contributed by atoms with Crippen molar-refractivity contribution in [2.45, 2.75) is 90.3 Å². The Labute approximate surface area is 200 Å². The normalized spacial score (nSPS) is 46.7. The molecule has 4 aliphatic carbocycles. The van der Waals surface area contributed by atoms with Gasteiger partial charge in [-0.3, -0.25) is 14.4 Å². The first-order valence-electron chi connectivity index (χ1n) is 12.7. The van der Waals surface area contributed by atoms with Crippen molar-refractivity contribution in [3.05, 3.63) is 23.8 Å². The summed E-state index contributed by atoms with van der Waals surface area (Å²) in [5, 5.41) is 11.7. The Kier molecular flexibility index (Phi) is 5.69. The number of ether oxygens (including phenoxy) is 3. The van der Waals surface area contributed by atoms with Gasteiger partial charge in [0.25, 0.3) is 0 Å². The Morgan fingerprint density at radius 2 is 2.06 bits per heavy atom. The van der Waals surface area contributed by atoms with Gasteiger partial charge in [-0.15, -0.1) is 0 Å². The summed E-state index contributed by atoms with van der Waals surface area (Å²) in [5.74, 6) is -0.538. The van der Waals surface area contributed by atoms with Gasteiger partial charge in [-0.2, -0.15) is 0 Å². The lowest BCUT2D eigenvalue weighted by molar-refractivity contribution is -0.201. The summed E-state index contributed by atoms with van der Waals surface area (Å²) in [6.45, 7) is 7.18. The maximum Gasteiger partial charge on any atom is 0.303 e. The molecule has 1 saturated heterocycles. The van der Waals surface area contributed by atoms with E-state index in [4.69, 9.17) is 14.2 Å². The first-order valence-corrected chi connectivity index (χ1v) is 12.7. The molecule has 9 atom stereocenters. The van der Waals surface area contributed by atoms with Crippen LogP contribution in [-0.2, 0) is 28.6 Å². The summed E-state index contributed by atoms with van der Waals surface area (Å²) < 4.78 is 18.0. The number of rotatable bonds is 5. The van der Waals surface area contributed by atoms with Crippen LogP contribution in [0.5, 0.6) is 0 Å². The summed E-state index contributed by atoms with van der Waals surface area (Å²) in [6.07, 6.45) is 8.04. The minimum atomic E-state index is -1.24. The van der Waals surface area contributed by atoms with Crippen molar-refractivity contribution in [1.82, 2.24) is 0 Å². The molecule has 0 spiro atoms. The van der Waals surface area contributed by atoms with Gasteiger partial charge in [0.2, 0.25) is 5.78 Å². The molecule has 1 heterocycles. The highest BCUT2D eigenvalue weighted by atomic mass is 16.7. The fraction of sp³-hybridized carbons (Fsp3) is 0.741. The molecular formula is C27H36O7. The summed E-state index contributed by atoms with van der Waals surface area (Å²) >= 11 is 0. The van der Waals surface area contributed by atoms with E-state index >= 15 is 0 Å². The molecule has 0 aromatic carbocycles. The Bertz CT molecular complexity index is 968. The van der Waals surface area contributed by atoms with Crippen molar-refractivity contribution in [2.24, 2.45) is 28.6 Å². The molecule has 1 aliphatic heterocycles. The van der Waals surface area contributed by atoms with Crippen LogP contribution in [-0.4, -0.2) is 53.3 Å². The van der Waals surface area contributed by atoms with E-state index in [0.717, 1.165) is 24.8 Å². The average Bonchev–Trinajstić information content (AvgIpc) is 3.25. The van der Waals surface area contributed by atoms with Crippen molar-refractivity contribution in [3.8, 4) is 0 Å². The molecule has 3 saturated carbocycles. The van der Waals surface area contributed by atoms with Gasteiger partial charge in [-0.25, -0.2) is 0 Å². The Morgan fingerprint density at radius 3 is 2.76 bits per heavy atom. The summed E-state index contributed by atoms with van der Waals surface area (Å²) in [5.41, 5.74) is -1.17. The maximum absolute atomic E-state index is 13.7. The second kappa shape index (κ2) is 8.10. The smallest absolute Gasteiger partial charge is 0.303 e. The predicted molar refractivity (Wildman–Crippen MR) is 122 cm³/mol. The number of carbonyl (C=O) groups is 3. The second-order valence-corrected chi connectivity index (χ2v) is 11.3. The zero-order valence-electron chi connectivity index (χ0n) is 20.5. The van der Waals surface area contributed by atoms with Crippen molar-refractivity contribution in [1.29, 1.82) is 0 Å².